The van der Waals surface area contributed by atoms with E-state index in [4.69, 9.17) is 11.1 Å². The number of nitrogens with one attached hydrogen (secondary N) is 1. The van der Waals surface area contributed by atoms with Crippen LogP contribution in [0.2, 0.25) is 0 Å². The van der Waals surface area contributed by atoms with E-state index < -0.39 is 5.82 Å². The maximum atomic E-state index is 13.2. The van der Waals surface area contributed by atoms with Gasteiger partial charge in [0, 0.05) is 12.7 Å². The number of benzene rings is 1. The summed E-state index contributed by atoms with van der Waals surface area (Å²) in [5.74, 6) is -0.938. The van der Waals surface area contributed by atoms with Crippen molar-refractivity contribution < 1.29 is 9.18 Å². The van der Waals surface area contributed by atoms with Crippen molar-refractivity contribution in [1.82, 2.24) is 0 Å². The number of carbonyl (C=O) groups excluding carboxylic acids is 1. The summed E-state index contributed by atoms with van der Waals surface area (Å²) in [6, 6.07) is 4.05. The number of hydrogen-bond donors (Lipinski definition) is 2. The molecule has 1 amide bonds. The Kier molecular flexibility index (Phi) is 2.81. The number of hydrogen-bond acceptors (Lipinski definition) is 2. The van der Waals surface area contributed by atoms with Crippen molar-refractivity contribution in [2.45, 2.75) is 0 Å². The monoisotopic (exact) mass is 195 g/mol. The summed E-state index contributed by atoms with van der Waals surface area (Å²) in [7, 11) is 1.51. The Balaban J connectivity index is 3.12. The zero-order valence-electron chi connectivity index (χ0n) is 7.62. The largest absolute Gasteiger partial charge is 0.384 e. The van der Waals surface area contributed by atoms with Crippen molar-refractivity contribution >= 4 is 17.9 Å². The molecule has 0 aliphatic carbocycles. The highest BCUT2D eigenvalue weighted by molar-refractivity contribution is 5.95. The second kappa shape index (κ2) is 3.87. The van der Waals surface area contributed by atoms with Gasteiger partial charge in [0.1, 0.15) is 11.7 Å². The average Bonchev–Trinajstić information content (AvgIpc) is 2.15. The number of anilines is 1. The molecule has 3 N–H and O–H groups in total. The van der Waals surface area contributed by atoms with Crippen molar-refractivity contribution in [3.8, 4) is 0 Å². The van der Waals surface area contributed by atoms with E-state index in [1.807, 2.05) is 0 Å². The van der Waals surface area contributed by atoms with Crippen molar-refractivity contribution in [2.75, 3.05) is 11.9 Å². The Labute approximate surface area is 80.6 Å². The first-order valence-corrected chi connectivity index (χ1v) is 3.88. The Morgan fingerprint density at radius 3 is 2.71 bits per heavy atom. The van der Waals surface area contributed by atoms with Gasteiger partial charge in [0.05, 0.1) is 5.56 Å². The molecule has 0 aliphatic rings. The van der Waals surface area contributed by atoms with Crippen molar-refractivity contribution in [2.24, 2.45) is 5.73 Å². The molecule has 0 fully saturated rings. The highest BCUT2D eigenvalue weighted by atomic mass is 19.1. The molecule has 0 saturated carbocycles. The molecule has 0 saturated heterocycles. The molecule has 0 bridgehead atoms. The fraction of sp³-hybridized carbons (Fsp3) is 0.111. The molecule has 5 heteroatoms. The van der Waals surface area contributed by atoms with Crippen LogP contribution in [0.25, 0.3) is 0 Å². The van der Waals surface area contributed by atoms with Gasteiger partial charge >= 0.3 is 0 Å². The van der Waals surface area contributed by atoms with E-state index in [1.54, 1.807) is 0 Å². The summed E-state index contributed by atoms with van der Waals surface area (Å²) < 4.78 is 13.2. The summed E-state index contributed by atoms with van der Waals surface area (Å²) in [6.07, 6.45) is 0.572. The normalized spacial score (nSPS) is 9.57. The van der Waals surface area contributed by atoms with E-state index in [2.05, 4.69) is 0 Å². The van der Waals surface area contributed by atoms with Crippen LogP contribution in [-0.4, -0.2) is 19.3 Å². The number of rotatable bonds is 3. The quantitative estimate of drug-likeness (QED) is 0.423. The first-order valence-electron chi connectivity index (χ1n) is 3.88. The fourth-order valence-electron chi connectivity index (χ4n) is 1.00. The molecule has 0 atom stereocenters. The van der Waals surface area contributed by atoms with E-state index in [9.17, 15) is 9.18 Å². The van der Waals surface area contributed by atoms with Crippen LogP contribution in [-0.2, 0) is 4.79 Å². The standard InChI is InChI=1S/C9H10FN3O/c1-13(5-14)6-2-3-7(9(11)12)8(10)4-6/h2-5H,1H3,(H3,11,12). The van der Waals surface area contributed by atoms with Crippen LogP contribution in [0, 0.1) is 11.2 Å². The van der Waals surface area contributed by atoms with E-state index in [-0.39, 0.29) is 11.4 Å². The lowest BCUT2D eigenvalue weighted by Crippen LogP contribution is -2.16. The van der Waals surface area contributed by atoms with Crippen LogP contribution in [0.5, 0.6) is 0 Å². The van der Waals surface area contributed by atoms with Gasteiger partial charge in [-0.3, -0.25) is 10.2 Å². The van der Waals surface area contributed by atoms with Gasteiger partial charge in [-0.2, -0.15) is 0 Å². The number of nitrogens with zero attached hydrogens (tertiary/aromatic N) is 1. The summed E-state index contributed by atoms with van der Waals surface area (Å²) >= 11 is 0. The molecule has 1 aromatic carbocycles. The third-order valence-electron chi connectivity index (χ3n) is 1.81. The smallest absolute Gasteiger partial charge is 0.213 e. The van der Waals surface area contributed by atoms with Gasteiger partial charge in [-0.1, -0.05) is 0 Å². The maximum Gasteiger partial charge on any atom is 0.213 e. The van der Waals surface area contributed by atoms with E-state index in [0.29, 0.717) is 12.1 Å². The molecule has 0 radical (unpaired) electrons. The van der Waals surface area contributed by atoms with Crippen LogP contribution in [0.15, 0.2) is 18.2 Å². The molecule has 0 aromatic heterocycles. The summed E-state index contributed by atoms with van der Waals surface area (Å²) in [4.78, 5) is 11.6. The van der Waals surface area contributed by atoms with Crippen LogP contribution in [0.3, 0.4) is 0 Å². The molecule has 14 heavy (non-hydrogen) atoms. The number of nitrogens with two attached hydrogens (primary N) is 1. The fourth-order valence-corrected chi connectivity index (χ4v) is 1.00. The van der Waals surface area contributed by atoms with Gasteiger partial charge in [0.2, 0.25) is 6.41 Å². The van der Waals surface area contributed by atoms with Crippen LogP contribution in [0.1, 0.15) is 5.56 Å². The molecule has 0 heterocycles. The number of amides is 1. The predicted molar refractivity (Wildman–Crippen MR) is 51.9 cm³/mol. The average molecular weight is 195 g/mol. The minimum Gasteiger partial charge on any atom is -0.384 e. The molecule has 0 spiro atoms. The van der Waals surface area contributed by atoms with Gasteiger partial charge in [-0.05, 0) is 18.2 Å². The zero-order chi connectivity index (χ0) is 10.7. The Hall–Kier alpha value is -1.91. The lowest BCUT2D eigenvalue weighted by atomic mass is 10.1. The lowest BCUT2D eigenvalue weighted by molar-refractivity contribution is -0.107. The number of halogens is 1. The molecular weight excluding hydrogens is 185 g/mol. The Bertz CT molecular complexity index is 378. The first-order chi connectivity index (χ1) is 6.56. The molecule has 1 aromatic rings. The Morgan fingerprint density at radius 1 is 1.64 bits per heavy atom. The highest BCUT2D eigenvalue weighted by Crippen LogP contribution is 2.16. The van der Waals surface area contributed by atoms with Crippen LogP contribution >= 0.6 is 0 Å². The van der Waals surface area contributed by atoms with E-state index in [0.717, 1.165) is 6.07 Å². The molecule has 0 unspecified atom stereocenters. The molecular formula is C9H10FN3O. The predicted octanol–water partition coefficient (Wildman–Crippen LogP) is 0.702. The molecule has 4 nitrogen and oxygen atoms in total. The SMILES string of the molecule is CN(C=O)c1ccc(C(=N)N)c(F)c1. The van der Waals surface area contributed by atoms with Gasteiger partial charge in [0.15, 0.2) is 0 Å². The number of nitrogen functional groups attached to an aromatic ring is 1. The highest BCUT2D eigenvalue weighted by Gasteiger charge is 2.07. The third-order valence-corrected chi connectivity index (χ3v) is 1.81. The zero-order valence-corrected chi connectivity index (χ0v) is 7.62. The van der Waals surface area contributed by atoms with Crippen molar-refractivity contribution in [3.05, 3.63) is 29.6 Å². The number of carbonyl (C=O) groups is 1. The lowest BCUT2D eigenvalue weighted by Gasteiger charge is -2.11. The summed E-state index contributed by atoms with van der Waals surface area (Å²) in [5.41, 5.74) is 5.59. The minimum atomic E-state index is -0.608. The van der Waals surface area contributed by atoms with E-state index >= 15 is 0 Å². The van der Waals surface area contributed by atoms with Gasteiger partial charge in [-0.15, -0.1) is 0 Å². The summed E-state index contributed by atoms with van der Waals surface area (Å²) in [6.45, 7) is 0. The topological polar surface area (TPSA) is 70.2 Å². The second-order valence-electron chi connectivity index (χ2n) is 2.79. The van der Waals surface area contributed by atoms with Gasteiger partial charge < -0.3 is 10.6 Å². The van der Waals surface area contributed by atoms with Gasteiger partial charge in [-0.25, -0.2) is 4.39 Å². The van der Waals surface area contributed by atoms with Crippen molar-refractivity contribution in [1.29, 1.82) is 5.41 Å². The summed E-state index contributed by atoms with van der Waals surface area (Å²) in [5, 5.41) is 7.05. The first kappa shape index (κ1) is 10.2. The van der Waals surface area contributed by atoms with Crippen molar-refractivity contribution in [3.63, 3.8) is 0 Å². The second-order valence-corrected chi connectivity index (χ2v) is 2.79. The molecule has 0 aliphatic heterocycles. The van der Waals surface area contributed by atoms with E-state index in [1.165, 1.54) is 24.1 Å². The van der Waals surface area contributed by atoms with Gasteiger partial charge in [0.25, 0.3) is 0 Å². The van der Waals surface area contributed by atoms with Crippen LogP contribution < -0.4 is 10.6 Å². The third kappa shape index (κ3) is 1.87. The van der Waals surface area contributed by atoms with Crippen LogP contribution in [0.4, 0.5) is 10.1 Å². The minimum absolute atomic E-state index is 0.0352. The molecule has 74 valence electrons. The Morgan fingerprint density at radius 2 is 2.29 bits per heavy atom. The molecule has 1 rings (SSSR count). The number of amidine groups is 1. The maximum absolute atomic E-state index is 13.2.